The van der Waals surface area contributed by atoms with Crippen molar-refractivity contribution < 1.29 is 9.53 Å². The molecule has 3 heteroatoms. The number of hydrogen-bond donors (Lipinski definition) is 1. The van der Waals surface area contributed by atoms with E-state index in [2.05, 4.69) is 11.2 Å². The van der Waals surface area contributed by atoms with Crippen molar-refractivity contribution in [2.45, 2.75) is 38.2 Å². The average molecular weight is 195 g/mol. The maximum atomic E-state index is 11.6. The summed E-state index contributed by atoms with van der Waals surface area (Å²) in [5.41, 5.74) is -0.601. The minimum atomic E-state index is -0.601. The second-order valence-corrected chi connectivity index (χ2v) is 3.75. The van der Waals surface area contributed by atoms with E-state index in [0.29, 0.717) is 19.6 Å². The number of nitrogens with one attached hydrogen (secondary N) is 1. The van der Waals surface area contributed by atoms with Gasteiger partial charge in [-0.1, -0.05) is 0 Å². The first-order chi connectivity index (χ1) is 6.69. The monoisotopic (exact) mass is 195 g/mol. The molecule has 1 unspecified atom stereocenters. The van der Waals surface area contributed by atoms with Crippen molar-refractivity contribution in [2.24, 2.45) is 0 Å². The molecule has 0 aliphatic carbocycles. The fraction of sp³-hybridized carbons (Fsp3) is 0.727. The summed E-state index contributed by atoms with van der Waals surface area (Å²) in [5, 5.41) is 2.84. The quantitative estimate of drug-likeness (QED) is 0.538. The third-order valence-corrected chi connectivity index (χ3v) is 2.48. The van der Waals surface area contributed by atoms with Gasteiger partial charge in [0.05, 0.1) is 0 Å². The Morgan fingerprint density at radius 3 is 3.07 bits per heavy atom. The van der Waals surface area contributed by atoms with Crippen LogP contribution >= 0.6 is 0 Å². The Morgan fingerprint density at radius 1 is 1.71 bits per heavy atom. The molecule has 0 saturated carbocycles. The minimum Gasteiger partial charge on any atom is -0.365 e. The summed E-state index contributed by atoms with van der Waals surface area (Å²) in [4.78, 5) is 11.6. The standard InChI is InChI=1S/C11H17NO2/c1-3-4-5-8-12-10(13)11(2)7-6-9-14-11/h1H,4-9H2,2H3,(H,12,13). The highest BCUT2D eigenvalue weighted by atomic mass is 16.5. The number of terminal acetylenes is 1. The molecule has 0 aromatic rings. The highest BCUT2D eigenvalue weighted by Crippen LogP contribution is 2.24. The molecule has 1 fully saturated rings. The van der Waals surface area contributed by atoms with Crippen LogP contribution in [0.5, 0.6) is 0 Å². The Balaban J connectivity index is 2.24. The molecule has 0 spiro atoms. The third kappa shape index (κ3) is 2.74. The van der Waals surface area contributed by atoms with Crippen LogP contribution in [-0.4, -0.2) is 24.7 Å². The molecule has 0 aromatic carbocycles. The molecule has 14 heavy (non-hydrogen) atoms. The molecule has 1 heterocycles. The molecule has 1 amide bonds. The van der Waals surface area contributed by atoms with Gasteiger partial charge in [0.15, 0.2) is 0 Å². The van der Waals surface area contributed by atoms with Crippen molar-refractivity contribution in [3.8, 4) is 12.3 Å². The van der Waals surface area contributed by atoms with Gasteiger partial charge in [-0.25, -0.2) is 0 Å². The van der Waals surface area contributed by atoms with Crippen LogP contribution in [0.25, 0.3) is 0 Å². The first-order valence-corrected chi connectivity index (χ1v) is 5.05. The topological polar surface area (TPSA) is 38.3 Å². The van der Waals surface area contributed by atoms with Crippen LogP contribution in [-0.2, 0) is 9.53 Å². The molecule has 1 aliphatic rings. The molecule has 1 aliphatic heterocycles. The van der Waals surface area contributed by atoms with Gasteiger partial charge in [0.1, 0.15) is 5.60 Å². The normalized spacial score (nSPS) is 25.7. The molecule has 78 valence electrons. The van der Waals surface area contributed by atoms with Gasteiger partial charge in [0.2, 0.25) is 0 Å². The summed E-state index contributed by atoms with van der Waals surface area (Å²) in [6, 6.07) is 0. The van der Waals surface area contributed by atoms with Gasteiger partial charge in [-0.15, -0.1) is 12.3 Å². The third-order valence-electron chi connectivity index (χ3n) is 2.48. The predicted octanol–water partition coefficient (Wildman–Crippen LogP) is 1.09. The van der Waals surface area contributed by atoms with Gasteiger partial charge in [-0.05, 0) is 26.2 Å². The lowest BCUT2D eigenvalue weighted by Crippen LogP contribution is -2.44. The van der Waals surface area contributed by atoms with E-state index in [1.807, 2.05) is 6.92 Å². The molecule has 1 N–H and O–H groups in total. The van der Waals surface area contributed by atoms with Crippen molar-refractivity contribution >= 4 is 5.91 Å². The zero-order valence-electron chi connectivity index (χ0n) is 8.64. The second-order valence-electron chi connectivity index (χ2n) is 3.75. The molecule has 3 nitrogen and oxygen atoms in total. The molecule has 1 saturated heterocycles. The zero-order valence-corrected chi connectivity index (χ0v) is 8.64. The summed E-state index contributed by atoms with van der Waals surface area (Å²) < 4.78 is 5.41. The lowest BCUT2D eigenvalue weighted by atomic mass is 10.0. The van der Waals surface area contributed by atoms with Crippen molar-refractivity contribution in [3.05, 3.63) is 0 Å². The van der Waals surface area contributed by atoms with Crippen LogP contribution in [0.3, 0.4) is 0 Å². The Bertz CT molecular complexity index is 236. The van der Waals surface area contributed by atoms with E-state index in [1.54, 1.807) is 0 Å². The Morgan fingerprint density at radius 2 is 2.50 bits per heavy atom. The van der Waals surface area contributed by atoms with Gasteiger partial charge in [-0.3, -0.25) is 4.79 Å². The van der Waals surface area contributed by atoms with Crippen LogP contribution < -0.4 is 5.32 Å². The van der Waals surface area contributed by atoms with Gasteiger partial charge < -0.3 is 10.1 Å². The summed E-state index contributed by atoms with van der Waals surface area (Å²) in [6.45, 7) is 3.17. The van der Waals surface area contributed by atoms with Crippen LogP contribution in [0.2, 0.25) is 0 Å². The van der Waals surface area contributed by atoms with Crippen LogP contribution in [0.4, 0.5) is 0 Å². The first kappa shape index (κ1) is 11.1. The Hall–Kier alpha value is -1.01. The molecule has 0 aromatic heterocycles. The Labute approximate surface area is 85.2 Å². The number of ether oxygens (including phenoxy) is 1. The van der Waals surface area contributed by atoms with Gasteiger partial charge in [-0.2, -0.15) is 0 Å². The lowest BCUT2D eigenvalue weighted by Gasteiger charge is -2.21. The zero-order chi connectivity index (χ0) is 10.4. The van der Waals surface area contributed by atoms with E-state index in [9.17, 15) is 4.79 Å². The average Bonchev–Trinajstić information content (AvgIpc) is 2.61. The van der Waals surface area contributed by atoms with E-state index in [1.165, 1.54) is 0 Å². The molecular formula is C11H17NO2. The number of carbonyl (C=O) groups is 1. The lowest BCUT2D eigenvalue weighted by molar-refractivity contribution is -0.139. The van der Waals surface area contributed by atoms with E-state index in [4.69, 9.17) is 11.2 Å². The van der Waals surface area contributed by atoms with Gasteiger partial charge in [0, 0.05) is 19.6 Å². The highest BCUT2D eigenvalue weighted by molar-refractivity contribution is 5.84. The summed E-state index contributed by atoms with van der Waals surface area (Å²) in [7, 11) is 0. The molecule has 1 rings (SSSR count). The number of amides is 1. The maximum Gasteiger partial charge on any atom is 0.251 e. The Kier molecular flexibility index (Phi) is 3.97. The van der Waals surface area contributed by atoms with Crippen LogP contribution in [0.15, 0.2) is 0 Å². The molecule has 1 atom stereocenters. The number of hydrogen-bond acceptors (Lipinski definition) is 2. The fourth-order valence-corrected chi connectivity index (χ4v) is 1.54. The van der Waals surface area contributed by atoms with E-state index in [-0.39, 0.29) is 5.91 Å². The SMILES string of the molecule is C#CCCCNC(=O)C1(C)CCCO1. The van der Waals surface area contributed by atoms with Crippen LogP contribution in [0, 0.1) is 12.3 Å². The number of carbonyl (C=O) groups excluding carboxylic acids is 1. The largest absolute Gasteiger partial charge is 0.365 e. The van der Waals surface area contributed by atoms with Crippen molar-refractivity contribution in [2.75, 3.05) is 13.2 Å². The second kappa shape index (κ2) is 5.02. The maximum absolute atomic E-state index is 11.6. The minimum absolute atomic E-state index is 0.00739. The van der Waals surface area contributed by atoms with Gasteiger partial charge in [0.25, 0.3) is 5.91 Å². The summed E-state index contributed by atoms with van der Waals surface area (Å²) >= 11 is 0. The fourth-order valence-electron chi connectivity index (χ4n) is 1.54. The number of unbranched alkanes of at least 4 members (excludes halogenated alkanes) is 1. The van der Waals surface area contributed by atoms with Gasteiger partial charge >= 0.3 is 0 Å². The smallest absolute Gasteiger partial charge is 0.251 e. The van der Waals surface area contributed by atoms with Crippen molar-refractivity contribution in [1.29, 1.82) is 0 Å². The summed E-state index contributed by atoms with van der Waals surface area (Å²) in [5.74, 6) is 2.53. The number of rotatable bonds is 4. The predicted molar refractivity (Wildman–Crippen MR) is 54.7 cm³/mol. The highest BCUT2D eigenvalue weighted by Gasteiger charge is 2.37. The van der Waals surface area contributed by atoms with Crippen molar-refractivity contribution in [1.82, 2.24) is 5.32 Å². The molecule has 0 bridgehead atoms. The van der Waals surface area contributed by atoms with E-state index < -0.39 is 5.60 Å². The molecular weight excluding hydrogens is 178 g/mol. The molecule has 0 radical (unpaired) electrons. The van der Waals surface area contributed by atoms with Crippen molar-refractivity contribution in [3.63, 3.8) is 0 Å². The van der Waals surface area contributed by atoms with Crippen LogP contribution in [0.1, 0.15) is 32.6 Å². The van der Waals surface area contributed by atoms with E-state index >= 15 is 0 Å². The van der Waals surface area contributed by atoms with E-state index in [0.717, 1.165) is 19.3 Å². The first-order valence-electron chi connectivity index (χ1n) is 5.05. The summed E-state index contributed by atoms with van der Waals surface area (Å²) in [6.07, 6.45) is 8.42.